The predicted octanol–water partition coefficient (Wildman–Crippen LogP) is 10.7. The molecule has 0 aliphatic carbocycles. The average molecular weight is 786 g/mol. The molecule has 11 nitrogen and oxygen atoms in total. The van der Waals surface area contributed by atoms with Crippen molar-refractivity contribution < 1.29 is 48.8 Å². The molecule has 0 saturated heterocycles. The zero-order valence-corrected chi connectivity index (χ0v) is 36.2. The number of carboxylic acid groups (broad SMARTS) is 3. The molecule has 0 heterocycles. The van der Waals surface area contributed by atoms with Crippen LogP contribution in [-0.4, -0.2) is 83.4 Å². The van der Waals surface area contributed by atoms with Crippen molar-refractivity contribution >= 4 is 29.8 Å². The lowest BCUT2D eigenvalue weighted by Crippen LogP contribution is -2.36. The number of carbonyl (C=O) groups excluding carboxylic acids is 2. The summed E-state index contributed by atoms with van der Waals surface area (Å²) in [5.74, 6) is -2.28. The maximum atomic E-state index is 13.3. The molecule has 324 valence electrons. The van der Waals surface area contributed by atoms with Crippen LogP contribution >= 0.6 is 0 Å². The van der Waals surface area contributed by atoms with Gasteiger partial charge in [-0.2, -0.15) is 0 Å². The Morgan fingerprint density at radius 3 is 1.42 bits per heavy atom. The minimum Gasteiger partial charge on any atom is -0.481 e. The van der Waals surface area contributed by atoms with Crippen molar-refractivity contribution in [3.8, 4) is 0 Å². The number of unbranched alkanes of at least 4 members (excludes halogenated alkanes) is 9. The number of hydrogen-bond donors (Lipinski definition) is 3. The quantitative estimate of drug-likeness (QED) is 0.0408. The lowest BCUT2D eigenvalue weighted by atomic mass is 9.67. The van der Waals surface area contributed by atoms with E-state index in [0.29, 0.717) is 56.9 Å². The molecule has 0 aromatic heterocycles. The number of esters is 2. The van der Waals surface area contributed by atoms with Crippen LogP contribution in [0.5, 0.6) is 0 Å². The molecule has 0 spiro atoms. The van der Waals surface area contributed by atoms with E-state index in [1.165, 1.54) is 51.4 Å². The van der Waals surface area contributed by atoms with E-state index in [0.717, 1.165) is 51.4 Å². The topological polar surface area (TPSA) is 168 Å². The molecule has 55 heavy (non-hydrogen) atoms. The van der Waals surface area contributed by atoms with Crippen LogP contribution in [0.25, 0.3) is 0 Å². The van der Waals surface area contributed by atoms with Crippen LogP contribution in [0.1, 0.15) is 202 Å². The first kappa shape index (κ1) is 54.4. The fourth-order valence-electron chi connectivity index (χ4n) is 7.11. The van der Waals surface area contributed by atoms with Crippen LogP contribution in [0.3, 0.4) is 0 Å². The van der Waals surface area contributed by atoms with Crippen LogP contribution in [0.4, 0.5) is 0 Å². The standard InChI is InChI=1S/C38H73NO6.C6H10O4/c1-8-12-16-18-23-33(21-14-10-3)29-38(37(42)43,30-34(22-15-11-4)24-19-17-13-9-2)27-20-25-35(40)44-31-32(5)45-36(41)26-28-39(6)7;7-5(8)3-1-2-4-6(9)10/h32-34H,8-31H2,1-7H3,(H,42,43);1-4H2,(H,7,8)(H,9,10). The molecule has 0 aliphatic heterocycles. The second-order valence-electron chi connectivity index (χ2n) is 16.1. The molecule has 3 atom stereocenters. The number of ether oxygens (including phenoxy) is 2. The summed E-state index contributed by atoms with van der Waals surface area (Å²) in [6.07, 6.45) is 21.9. The van der Waals surface area contributed by atoms with Crippen molar-refractivity contribution in [1.82, 2.24) is 4.90 Å². The Labute approximate surface area is 335 Å². The largest absolute Gasteiger partial charge is 0.481 e. The molecule has 3 unspecified atom stereocenters. The van der Waals surface area contributed by atoms with Gasteiger partial charge in [-0.1, -0.05) is 130 Å². The maximum Gasteiger partial charge on any atom is 0.309 e. The molecular formula is C44H83NO10. The van der Waals surface area contributed by atoms with Gasteiger partial charge in [-0.25, -0.2) is 0 Å². The third-order valence-corrected chi connectivity index (χ3v) is 10.3. The van der Waals surface area contributed by atoms with Gasteiger partial charge in [0.1, 0.15) is 12.7 Å². The van der Waals surface area contributed by atoms with Crippen LogP contribution in [0.15, 0.2) is 0 Å². The van der Waals surface area contributed by atoms with Crippen LogP contribution in [0, 0.1) is 17.3 Å². The van der Waals surface area contributed by atoms with E-state index in [1.807, 2.05) is 19.0 Å². The molecular weight excluding hydrogens is 702 g/mol. The smallest absolute Gasteiger partial charge is 0.309 e. The van der Waals surface area contributed by atoms with Crippen LogP contribution in [0.2, 0.25) is 0 Å². The van der Waals surface area contributed by atoms with Gasteiger partial charge in [-0.3, -0.25) is 24.0 Å². The molecule has 0 aliphatic rings. The summed E-state index contributed by atoms with van der Waals surface area (Å²) >= 11 is 0. The molecule has 0 bridgehead atoms. The van der Waals surface area contributed by atoms with Gasteiger partial charge in [0.2, 0.25) is 0 Å². The highest BCUT2D eigenvalue weighted by atomic mass is 16.6. The summed E-state index contributed by atoms with van der Waals surface area (Å²) in [5.41, 5.74) is -0.818. The SMILES string of the molecule is CCCCCCC(CCCC)CC(CCCC(=O)OCC(C)OC(=O)CCN(C)C)(CC(CCCC)CCCCCC)C(=O)O.O=C(O)CCCCC(=O)O. The Morgan fingerprint density at radius 2 is 1.02 bits per heavy atom. The van der Waals surface area contributed by atoms with E-state index in [9.17, 15) is 29.1 Å². The first-order valence-corrected chi connectivity index (χ1v) is 21.8. The Bertz CT molecular complexity index is 959. The van der Waals surface area contributed by atoms with Crippen molar-refractivity contribution in [1.29, 1.82) is 0 Å². The van der Waals surface area contributed by atoms with Gasteiger partial charge < -0.3 is 29.7 Å². The summed E-state index contributed by atoms with van der Waals surface area (Å²) in [6.45, 7) is 11.2. The van der Waals surface area contributed by atoms with Crippen molar-refractivity contribution in [2.45, 2.75) is 208 Å². The van der Waals surface area contributed by atoms with E-state index in [2.05, 4.69) is 27.7 Å². The third-order valence-electron chi connectivity index (χ3n) is 10.3. The second-order valence-corrected chi connectivity index (χ2v) is 16.1. The summed E-state index contributed by atoms with van der Waals surface area (Å²) in [4.78, 5) is 59.8. The van der Waals surface area contributed by atoms with E-state index < -0.39 is 29.4 Å². The van der Waals surface area contributed by atoms with Crippen molar-refractivity contribution in [3.63, 3.8) is 0 Å². The minimum atomic E-state index is -0.870. The normalized spacial score (nSPS) is 13.9. The Hall–Kier alpha value is -2.69. The second kappa shape index (κ2) is 35.7. The number of rotatable bonds is 36. The fraction of sp³-hybridized carbons (Fsp3) is 0.886. The van der Waals surface area contributed by atoms with E-state index in [4.69, 9.17) is 19.7 Å². The highest BCUT2D eigenvalue weighted by Crippen LogP contribution is 2.44. The first-order chi connectivity index (χ1) is 26.2. The lowest BCUT2D eigenvalue weighted by Gasteiger charge is -2.37. The van der Waals surface area contributed by atoms with Gasteiger partial charge in [0, 0.05) is 25.8 Å². The number of hydrogen-bond acceptors (Lipinski definition) is 8. The van der Waals surface area contributed by atoms with Gasteiger partial charge in [-0.05, 0) is 71.4 Å². The van der Waals surface area contributed by atoms with E-state index in [1.54, 1.807) is 6.92 Å². The lowest BCUT2D eigenvalue weighted by molar-refractivity contribution is -0.158. The first-order valence-electron chi connectivity index (χ1n) is 21.8. The van der Waals surface area contributed by atoms with Crippen molar-refractivity contribution in [3.05, 3.63) is 0 Å². The molecule has 0 radical (unpaired) electrons. The summed E-state index contributed by atoms with van der Waals surface area (Å²) in [6, 6.07) is 0. The summed E-state index contributed by atoms with van der Waals surface area (Å²) in [5, 5.41) is 27.2. The molecule has 0 rings (SSSR count). The molecule has 11 heteroatoms. The van der Waals surface area contributed by atoms with E-state index in [-0.39, 0.29) is 44.2 Å². The van der Waals surface area contributed by atoms with Crippen molar-refractivity contribution in [2.24, 2.45) is 17.3 Å². The minimum absolute atomic E-state index is 0.0182. The predicted molar refractivity (Wildman–Crippen MR) is 220 cm³/mol. The summed E-state index contributed by atoms with van der Waals surface area (Å²) in [7, 11) is 3.80. The molecule has 0 fully saturated rings. The van der Waals surface area contributed by atoms with Crippen LogP contribution in [-0.2, 0) is 33.4 Å². The Balaban J connectivity index is 0. The zero-order valence-electron chi connectivity index (χ0n) is 36.2. The molecule has 3 N–H and O–H groups in total. The highest BCUT2D eigenvalue weighted by molar-refractivity contribution is 5.75. The van der Waals surface area contributed by atoms with Gasteiger partial charge >= 0.3 is 29.8 Å². The zero-order chi connectivity index (χ0) is 41.9. The van der Waals surface area contributed by atoms with E-state index >= 15 is 0 Å². The highest BCUT2D eigenvalue weighted by Gasteiger charge is 2.41. The Kier molecular flexibility index (Phi) is 35.3. The summed E-state index contributed by atoms with van der Waals surface area (Å²) < 4.78 is 10.8. The molecule has 0 amide bonds. The van der Waals surface area contributed by atoms with Gasteiger partial charge in [0.15, 0.2) is 0 Å². The fourth-order valence-corrected chi connectivity index (χ4v) is 7.11. The molecule has 0 saturated carbocycles. The van der Waals surface area contributed by atoms with Gasteiger partial charge in [-0.15, -0.1) is 0 Å². The maximum absolute atomic E-state index is 13.3. The number of carboxylic acids is 3. The van der Waals surface area contributed by atoms with Crippen molar-refractivity contribution in [2.75, 3.05) is 27.2 Å². The van der Waals surface area contributed by atoms with Crippen LogP contribution < -0.4 is 0 Å². The molecule has 0 aromatic rings. The van der Waals surface area contributed by atoms with Gasteiger partial charge in [0.25, 0.3) is 0 Å². The number of aliphatic carboxylic acids is 3. The molecule has 0 aromatic carbocycles. The average Bonchev–Trinajstić information content (AvgIpc) is 3.12. The Morgan fingerprint density at radius 1 is 0.564 bits per heavy atom. The number of carbonyl (C=O) groups is 5. The third kappa shape index (κ3) is 33.2. The number of nitrogens with zero attached hydrogens (tertiary/aromatic N) is 1. The monoisotopic (exact) mass is 786 g/mol. The van der Waals surface area contributed by atoms with Gasteiger partial charge in [0.05, 0.1) is 11.8 Å².